The Kier molecular flexibility index (Phi) is 17.3. The van der Waals surface area contributed by atoms with Crippen molar-refractivity contribution < 1.29 is 39.8 Å². The summed E-state index contributed by atoms with van der Waals surface area (Å²) in [6.45, 7) is 13.6. The summed E-state index contributed by atoms with van der Waals surface area (Å²) in [7, 11) is 1.33. The van der Waals surface area contributed by atoms with E-state index < -0.39 is 43.2 Å². The molecule has 0 spiro atoms. The highest BCUT2D eigenvalue weighted by Gasteiger charge is 2.30. The minimum absolute atomic E-state index is 0.0171. The average Bonchev–Trinajstić information content (AvgIpc) is 2.79. The van der Waals surface area contributed by atoms with Crippen molar-refractivity contribution in [3.63, 3.8) is 0 Å². The number of ether oxygens (including phenoxy) is 2. The summed E-state index contributed by atoms with van der Waals surface area (Å²) in [6.07, 6.45) is -2.62. The molecule has 36 heavy (non-hydrogen) atoms. The summed E-state index contributed by atoms with van der Waals surface area (Å²) in [5.41, 5.74) is -0.0171. The van der Waals surface area contributed by atoms with E-state index in [-0.39, 0.29) is 48.6 Å². The van der Waals surface area contributed by atoms with Crippen molar-refractivity contribution in [3.05, 3.63) is 0 Å². The predicted octanol–water partition coefficient (Wildman–Crippen LogP) is 2.01. The van der Waals surface area contributed by atoms with Gasteiger partial charge in [-0.05, 0) is 30.1 Å². The van der Waals surface area contributed by atoms with E-state index in [9.17, 15) is 30.3 Å². The Morgan fingerprint density at radius 2 is 1.50 bits per heavy atom. The van der Waals surface area contributed by atoms with Crippen LogP contribution in [0.2, 0.25) is 0 Å². The number of hydrogen-bond acceptors (Lipinski definition) is 8. The van der Waals surface area contributed by atoms with Crippen molar-refractivity contribution in [1.29, 1.82) is 0 Å². The maximum absolute atomic E-state index is 12.8. The topological polar surface area (TPSA) is 149 Å². The van der Waals surface area contributed by atoms with Crippen molar-refractivity contribution in [2.24, 2.45) is 17.3 Å². The monoisotopic (exact) mass is 521 g/mol. The van der Waals surface area contributed by atoms with Gasteiger partial charge in [-0.25, -0.2) is 0 Å². The molecule has 1 amide bonds. The van der Waals surface area contributed by atoms with Gasteiger partial charge in [0.2, 0.25) is 5.91 Å². The number of rotatable bonds is 19. The summed E-state index contributed by atoms with van der Waals surface area (Å²) < 4.78 is 10.8. The van der Waals surface area contributed by atoms with Gasteiger partial charge in [-0.2, -0.15) is 0 Å². The van der Waals surface area contributed by atoms with Crippen LogP contribution in [0.15, 0.2) is 0 Å². The molecule has 216 valence electrons. The molecule has 9 atom stereocenters. The zero-order chi connectivity index (χ0) is 28.1. The van der Waals surface area contributed by atoms with Crippen LogP contribution in [0.25, 0.3) is 0 Å². The first kappa shape index (κ1) is 35.2. The minimum atomic E-state index is -1.32. The van der Waals surface area contributed by atoms with Crippen LogP contribution >= 0.6 is 0 Å². The Morgan fingerprint density at radius 1 is 0.917 bits per heavy atom. The van der Waals surface area contributed by atoms with Gasteiger partial charge in [-0.15, -0.1) is 0 Å². The van der Waals surface area contributed by atoms with Crippen LogP contribution in [-0.4, -0.2) is 94.4 Å². The zero-order valence-electron chi connectivity index (χ0n) is 23.8. The average molecular weight is 522 g/mol. The van der Waals surface area contributed by atoms with Gasteiger partial charge in [0.05, 0.1) is 37.9 Å². The molecule has 0 heterocycles. The molecule has 0 rings (SSSR count). The van der Waals surface area contributed by atoms with Crippen molar-refractivity contribution >= 4 is 5.91 Å². The maximum Gasteiger partial charge on any atom is 0.222 e. The predicted molar refractivity (Wildman–Crippen MR) is 140 cm³/mol. The van der Waals surface area contributed by atoms with Crippen LogP contribution in [0.3, 0.4) is 0 Å². The Bertz CT molecular complexity index is 581. The first-order chi connectivity index (χ1) is 16.7. The third kappa shape index (κ3) is 14.2. The fraction of sp³-hybridized carbons (Fsp3) is 0.963. The lowest BCUT2D eigenvalue weighted by Crippen LogP contribution is -2.44. The number of aliphatic hydroxyl groups is 5. The molecule has 0 saturated heterocycles. The number of carbonyl (C=O) groups excluding carboxylic acids is 1. The minimum Gasteiger partial charge on any atom is -0.394 e. The van der Waals surface area contributed by atoms with Gasteiger partial charge in [0.25, 0.3) is 0 Å². The fourth-order valence-electron chi connectivity index (χ4n) is 4.25. The van der Waals surface area contributed by atoms with Crippen molar-refractivity contribution in [2.45, 2.75) is 130 Å². The van der Waals surface area contributed by atoms with E-state index in [2.05, 4.69) is 26.1 Å². The van der Waals surface area contributed by atoms with Crippen LogP contribution in [0.5, 0.6) is 0 Å². The normalized spacial score (nSPS) is 20.0. The van der Waals surface area contributed by atoms with Gasteiger partial charge in [-0.3, -0.25) is 4.79 Å². The van der Waals surface area contributed by atoms with Gasteiger partial charge in [0, 0.05) is 19.6 Å². The van der Waals surface area contributed by atoms with E-state index in [0.29, 0.717) is 12.8 Å². The second-order valence-corrected chi connectivity index (χ2v) is 11.6. The molecule has 0 aliphatic heterocycles. The number of amides is 1. The van der Waals surface area contributed by atoms with Crippen molar-refractivity contribution in [2.75, 3.05) is 20.3 Å². The molecular weight excluding hydrogens is 466 g/mol. The van der Waals surface area contributed by atoms with E-state index in [0.717, 1.165) is 12.8 Å². The molecule has 0 bridgehead atoms. The molecule has 8 unspecified atom stereocenters. The van der Waals surface area contributed by atoms with Crippen LogP contribution in [0, 0.1) is 17.3 Å². The Labute approximate surface area is 218 Å². The molecule has 0 aliphatic rings. The van der Waals surface area contributed by atoms with Crippen molar-refractivity contribution in [3.8, 4) is 0 Å². The Hall–Kier alpha value is -0.810. The number of nitrogens with one attached hydrogen (secondary N) is 1. The van der Waals surface area contributed by atoms with E-state index in [4.69, 9.17) is 9.47 Å². The van der Waals surface area contributed by atoms with Crippen LogP contribution < -0.4 is 5.32 Å². The molecule has 0 aromatic carbocycles. The quantitative estimate of drug-likeness (QED) is 0.151. The summed E-state index contributed by atoms with van der Waals surface area (Å²) in [6, 6.07) is -0.189. The molecule has 0 aliphatic carbocycles. The zero-order valence-corrected chi connectivity index (χ0v) is 23.8. The standard InChI is InChI=1S/C27H55NO8/c1-9-17(3)21(11-20(31)14-27(5,6)7)28-25(33)13-19(30)12-23(18(4)10-2)36-16-22(32)26(34)24(15-29)35-8/h17-24,26,29-32,34H,9-16H2,1-8H3,(H,28,33)/t17?,18?,19?,20?,21?,22-,23?,24?,26?/m1/s1. The SMILES string of the molecule is CCC(C)C(CC(O)CC(C)(C)C)NC(=O)CC(O)CC(OC[C@@H](O)C(O)C(CO)OC)C(C)CC. The third-order valence-electron chi connectivity index (χ3n) is 6.99. The highest BCUT2D eigenvalue weighted by Crippen LogP contribution is 2.25. The van der Waals surface area contributed by atoms with Gasteiger partial charge >= 0.3 is 0 Å². The van der Waals surface area contributed by atoms with E-state index in [1.807, 2.05) is 27.7 Å². The van der Waals surface area contributed by atoms with Crippen LogP contribution in [0.4, 0.5) is 0 Å². The number of aliphatic hydroxyl groups excluding tert-OH is 5. The molecule has 0 aromatic rings. The molecule has 9 heteroatoms. The lowest BCUT2D eigenvalue weighted by Gasteiger charge is -2.31. The first-order valence-electron chi connectivity index (χ1n) is 13.5. The van der Waals surface area contributed by atoms with Gasteiger partial charge in [0.1, 0.15) is 18.3 Å². The van der Waals surface area contributed by atoms with E-state index >= 15 is 0 Å². The maximum atomic E-state index is 12.8. The molecule has 6 N–H and O–H groups in total. The molecule has 0 aromatic heterocycles. The lowest BCUT2D eigenvalue weighted by molar-refractivity contribution is -0.131. The fourth-order valence-corrected chi connectivity index (χ4v) is 4.25. The van der Waals surface area contributed by atoms with Gasteiger partial charge in [-0.1, -0.05) is 61.3 Å². The molecular formula is C27H55NO8. The van der Waals surface area contributed by atoms with Crippen LogP contribution in [-0.2, 0) is 14.3 Å². The second kappa shape index (κ2) is 17.7. The first-order valence-corrected chi connectivity index (χ1v) is 13.5. The second-order valence-electron chi connectivity index (χ2n) is 11.6. The molecule has 9 nitrogen and oxygen atoms in total. The molecule has 0 fully saturated rings. The number of methoxy groups -OCH3 is 1. The van der Waals surface area contributed by atoms with E-state index in [1.54, 1.807) is 0 Å². The van der Waals surface area contributed by atoms with Crippen LogP contribution in [0.1, 0.15) is 87.0 Å². The third-order valence-corrected chi connectivity index (χ3v) is 6.99. The number of carbonyl (C=O) groups is 1. The van der Waals surface area contributed by atoms with Crippen molar-refractivity contribution in [1.82, 2.24) is 5.32 Å². The Balaban J connectivity index is 5.01. The summed E-state index contributed by atoms with van der Waals surface area (Å²) in [5.74, 6) is -0.0526. The van der Waals surface area contributed by atoms with Gasteiger partial charge < -0.3 is 40.3 Å². The lowest BCUT2D eigenvalue weighted by atomic mass is 9.85. The number of hydrogen-bond donors (Lipinski definition) is 6. The molecule has 0 radical (unpaired) electrons. The largest absolute Gasteiger partial charge is 0.394 e. The smallest absolute Gasteiger partial charge is 0.222 e. The molecule has 0 saturated carbocycles. The van der Waals surface area contributed by atoms with Gasteiger partial charge in [0.15, 0.2) is 0 Å². The Morgan fingerprint density at radius 3 is 1.97 bits per heavy atom. The highest BCUT2D eigenvalue weighted by atomic mass is 16.5. The summed E-state index contributed by atoms with van der Waals surface area (Å²) in [5, 5.41) is 53.8. The summed E-state index contributed by atoms with van der Waals surface area (Å²) in [4.78, 5) is 12.8. The highest BCUT2D eigenvalue weighted by molar-refractivity contribution is 5.76. The summed E-state index contributed by atoms with van der Waals surface area (Å²) >= 11 is 0. The van der Waals surface area contributed by atoms with E-state index in [1.165, 1.54) is 7.11 Å².